The summed E-state index contributed by atoms with van der Waals surface area (Å²) in [4.78, 5) is 17.5. The molecule has 0 aliphatic carbocycles. The number of non-ortho nitro benzene ring substituents is 1. The minimum Gasteiger partial charge on any atom is -0.331 e. The van der Waals surface area contributed by atoms with Crippen molar-refractivity contribution in [1.82, 2.24) is 15.3 Å². The van der Waals surface area contributed by atoms with Gasteiger partial charge in [0.1, 0.15) is 0 Å². The van der Waals surface area contributed by atoms with Crippen molar-refractivity contribution in [2.24, 2.45) is 0 Å². The first-order valence-corrected chi connectivity index (χ1v) is 8.21. The van der Waals surface area contributed by atoms with Crippen molar-refractivity contribution in [2.75, 3.05) is 12.3 Å². The number of nitrogens with one attached hydrogen (secondary N) is 2. The molecule has 0 amide bonds. The molecule has 1 aromatic carbocycles. The number of halogens is 1. The van der Waals surface area contributed by atoms with Crippen LogP contribution in [0.4, 0.5) is 5.69 Å². The number of benzene rings is 1. The highest BCUT2D eigenvalue weighted by atomic mass is 35.5. The van der Waals surface area contributed by atoms with Crippen LogP contribution in [0, 0.1) is 10.1 Å². The van der Waals surface area contributed by atoms with Crippen molar-refractivity contribution in [3.63, 3.8) is 0 Å². The van der Waals surface area contributed by atoms with E-state index in [2.05, 4.69) is 15.3 Å². The number of piperidine rings is 1. The summed E-state index contributed by atoms with van der Waals surface area (Å²) in [5.74, 6) is 0.516. The zero-order valence-corrected chi connectivity index (χ0v) is 13.4. The van der Waals surface area contributed by atoms with E-state index in [4.69, 9.17) is 0 Å². The largest absolute Gasteiger partial charge is 0.331 e. The summed E-state index contributed by atoms with van der Waals surface area (Å²) in [6, 6.07) is 4.64. The molecule has 2 aromatic rings. The zero-order chi connectivity index (χ0) is 14.8. The van der Waals surface area contributed by atoms with E-state index in [0.29, 0.717) is 21.9 Å². The molecule has 22 heavy (non-hydrogen) atoms. The number of nitro benzene ring substituents is 1. The first-order valence-electron chi connectivity index (χ1n) is 6.89. The Morgan fingerprint density at radius 1 is 1.41 bits per heavy atom. The Kier molecular flexibility index (Phi) is 5.49. The molecule has 2 atom stereocenters. The second kappa shape index (κ2) is 7.17. The molecule has 1 fully saturated rings. The summed E-state index contributed by atoms with van der Waals surface area (Å²) in [6.07, 6.45) is 3.34. The number of H-pyrrole nitrogens is 1. The van der Waals surface area contributed by atoms with Gasteiger partial charge in [0.05, 0.1) is 26.8 Å². The number of hydrogen-bond donors (Lipinski definition) is 2. The molecule has 0 saturated carbocycles. The summed E-state index contributed by atoms with van der Waals surface area (Å²) >= 11 is 0. The first-order chi connectivity index (χ1) is 10.1. The summed E-state index contributed by atoms with van der Waals surface area (Å²) in [5.41, 5.74) is 1.14. The van der Waals surface area contributed by atoms with Gasteiger partial charge in [0.15, 0.2) is 5.16 Å². The van der Waals surface area contributed by atoms with Crippen LogP contribution in [0.3, 0.4) is 0 Å². The lowest BCUT2D eigenvalue weighted by Gasteiger charge is -2.22. The van der Waals surface area contributed by atoms with E-state index in [1.165, 1.54) is 12.1 Å². The summed E-state index contributed by atoms with van der Waals surface area (Å²) < 4.78 is 12.3. The van der Waals surface area contributed by atoms with Gasteiger partial charge >= 0.3 is 0 Å². The molecule has 1 aromatic heterocycles. The molecule has 3 rings (SSSR count). The van der Waals surface area contributed by atoms with Gasteiger partial charge in [-0.2, -0.15) is 0 Å². The van der Waals surface area contributed by atoms with Crippen LogP contribution < -0.4 is 5.32 Å². The fraction of sp³-hybridized carbons (Fsp3) is 0.462. The summed E-state index contributed by atoms with van der Waals surface area (Å²) in [6.45, 7) is 0.966. The van der Waals surface area contributed by atoms with Crippen molar-refractivity contribution in [2.45, 2.75) is 30.5 Å². The third-order valence-electron chi connectivity index (χ3n) is 3.64. The van der Waals surface area contributed by atoms with Gasteiger partial charge in [-0.05, 0) is 25.5 Å². The topological polar surface area (TPSA) is 101 Å². The second-order valence-electron chi connectivity index (χ2n) is 5.16. The maximum Gasteiger partial charge on any atom is 0.271 e. The molecule has 0 bridgehead atoms. The maximum absolute atomic E-state index is 12.3. The number of aromatic amines is 1. The van der Waals surface area contributed by atoms with E-state index in [1.54, 1.807) is 6.07 Å². The smallest absolute Gasteiger partial charge is 0.271 e. The lowest BCUT2D eigenvalue weighted by molar-refractivity contribution is -0.384. The van der Waals surface area contributed by atoms with Crippen LogP contribution in [0.25, 0.3) is 11.0 Å². The standard InChI is InChI=1S/C13H16N4O3S.ClH/c18-17(19)10-4-5-11-12(7-10)16-13(15-11)21(20)8-9-3-1-2-6-14-9;/h4-5,7,9,14H,1-3,6,8H2,(H,15,16);1H. The second-order valence-corrected chi connectivity index (χ2v) is 6.57. The molecule has 2 unspecified atom stereocenters. The van der Waals surface area contributed by atoms with Crippen LogP contribution in [0.15, 0.2) is 23.4 Å². The van der Waals surface area contributed by atoms with E-state index < -0.39 is 15.7 Å². The molecule has 1 saturated heterocycles. The Morgan fingerprint density at radius 3 is 2.91 bits per heavy atom. The zero-order valence-electron chi connectivity index (χ0n) is 11.8. The summed E-state index contributed by atoms with van der Waals surface area (Å²) in [5, 5.41) is 14.5. The van der Waals surface area contributed by atoms with Crippen molar-refractivity contribution < 1.29 is 9.13 Å². The Hall–Kier alpha value is -1.51. The van der Waals surface area contributed by atoms with Crippen LogP contribution in [-0.2, 0) is 10.8 Å². The first kappa shape index (κ1) is 16.9. The van der Waals surface area contributed by atoms with Crippen LogP contribution in [-0.4, -0.2) is 37.4 Å². The number of rotatable bonds is 4. The van der Waals surface area contributed by atoms with E-state index >= 15 is 0 Å². The lowest BCUT2D eigenvalue weighted by atomic mass is 10.1. The average Bonchev–Trinajstić information content (AvgIpc) is 2.91. The van der Waals surface area contributed by atoms with E-state index in [9.17, 15) is 14.3 Å². The van der Waals surface area contributed by atoms with Gasteiger partial charge in [-0.15, -0.1) is 12.4 Å². The normalized spacial score (nSPS) is 19.5. The molecule has 2 N–H and O–H groups in total. The molecule has 9 heteroatoms. The van der Waals surface area contributed by atoms with Crippen molar-refractivity contribution in [3.05, 3.63) is 28.3 Å². The van der Waals surface area contributed by atoms with E-state index in [-0.39, 0.29) is 24.1 Å². The van der Waals surface area contributed by atoms with Crippen LogP contribution >= 0.6 is 12.4 Å². The molecule has 0 spiro atoms. The quantitative estimate of drug-likeness (QED) is 0.653. The molecular formula is C13H17ClN4O3S. The number of fused-ring (bicyclic) bond motifs is 1. The van der Waals surface area contributed by atoms with Gasteiger partial charge in [0.25, 0.3) is 5.69 Å². The van der Waals surface area contributed by atoms with Crippen LogP contribution in [0.5, 0.6) is 0 Å². The van der Waals surface area contributed by atoms with Crippen LogP contribution in [0.2, 0.25) is 0 Å². The van der Waals surface area contributed by atoms with E-state index in [0.717, 1.165) is 25.8 Å². The number of nitro groups is 1. The fourth-order valence-corrected chi connectivity index (χ4v) is 3.76. The molecule has 0 radical (unpaired) electrons. The molecule has 1 aliphatic heterocycles. The maximum atomic E-state index is 12.3. The van der Waals surface area contributed by atoms with Crippen LogP contribution in [0.1, 0.15) is 19.3 Å². The highest BCUT2D eigenvalue weighted by molar-refractivity contribution is 7.84. The van der Waals surface area contributed by atoms with Crippen molar-refractivity contribution in [3.8, 4) is 0 Å². The molecule has 7 nitrogen and oxygen atoms in total. The van der Waals surface area contributed by atoms with Gasteiger partial charge in [0, 0.05) is 23.9 Å². The predicted molar refractivity (Wildman–Crippen MR) is 86.9 cm³/mol. The minimum atomic E-state index is -1.23. The molecular weight excluding hydrogens is 328 g/mol. The predicted octanol–water partition coefficient (Wildman–Crippen LogP) is 2.14. The molecule has 2 heterocycles. The van der Waals surface area contributed by atoms with Gasteiger partial charge in [-0.25, -0.2) is 4.98 Å². The number of nitrogens with zero attached hydrogens (tertiary/aromatic N) is 2. The highest BCUT2D eigenvalue weighted by Crippen LogP contribution is 2.20. The Bertz CT molecular complexity index is 700. The van der Waals surface area contributed by atoms with Gasteiger partial charge < -0.3 is 10.3 Å². The Balaban J connectivity index is 0.00000176. The minimum absolute atomic E-state index is 0. The third-order valence-corrected chi connectivity index (χ3v) is 4.96. The lowest BCUT2D eigenvalue weighted by Crippen LogP contribution is -2.38. The number of aromatic nitrogens is 2. The Morgan fingerprint density at radius 2 is 2.23 bits per heavy atom. The number of hydrogen-bond acceptors (Lipinski definition) is 5. The molecule has 120 valence electrons. The average molecular weight is 345 g/mol. The Labute approximate surface area is 135 Å². The van der Waals surface area contributed by atoms with Gasteiger partial charge in [-0.1, -0.05) is 6.42 Å². The SMILES string of the molecule is Cl.O=[N+]([O-])c1ccc2nc(S(=O)CC3CCCCN3)[nH]c2c1. The number of imidazole rings is 1. The molecule has 1 aliphatic rings. The van der Waals surface area contributed by atoms with E-state index in [1.807, 2.05) is 0 Å². The monoisotopic (exact) mass is 344 g/mol. The van der Waals surface area contributed by atoms with Crippen molar-refractivity contribution >= 4 is 39.9 Å². The van der Waals surface area contributed by atoms with Gasteiger partial charge in [0.2, 0.25) is 0 Å². The highest BCUT2D eigenvalue weighted by Gasteiger charge is 2.19. The third kappa shape index (κ3) is 3.63. The van der Waals surface area contributed by atoms with Gasteiger partial charge in [-0.3, -0.25) is 14.3 Å². The summed E-state index contributed by atoms with van der Waals surface area (Å²) in [7, 11) is -1.23. The fourth-order valence-electron chi connectivity index (χ4n) is 2.52. The van der Waals surface area contributed by atoms with Crippen molar-refractivity contribution in [1.29, 1.82) is 0 Å².